The number of quaternary nitrogens is 1. The summed E-state index contributed by atoms with van der Waals surface area (Å²) >= 11 is 0. The second kappa shape index (κ2) is 10.2. The summed E-state index contributed by atoms with van der Waals surface area (Å²) in [6.45, 7) is 5.46. The van der Waals surface area contributed by atoms with Crippen LogP contribution in [-0.2, 0) is 4.74 Å². The average Bonchev–Trinajstić information content (AvgIpc) is 2.82. The van der Waals surface area contributed by atoms with Crippen LogP contribution in [0.5, 0.6) is 11.5 Å². The Kier molecular flexibility index (Phi) is 6.97. The SMILES string of the molecule is C[C@H](NC(=O)c1ccc(Oc2ccccc2)cc1)[C@H](c1ccccc1)[NH+]1CCOCC1. The number of hydrogen-bond donors (Lipinski definition) is 2. The number of hydrogen-bond acceptors (Lipinski definition) is 3. The molecule has 5 heteroatoms. The van der Waals surface area contributed by atoms with E-state index >= 15 is 0 Å². The molecule has 31 heavy (non-hydrogen) atoms. The third-order valence-electron chi connectivity index (χ3n) is 5.69. The smallest absolute Gasteiger partial charge is 0.251 e. The molecular formula is C26H29N2O3+. The number of benzene rings is 3. The normalized spacial score (nSPS) is 16.3. The Morgan fingerprint density at radius 1 is 0.871 bits per heavy atom. The molecule has 1 aliphatic rings. The van der Waals surface area contributed by atoms with Gasteiger partial charge in [-0.05, 0) is 43.3 Å². The molecule has 1 amide bonds. The molecular weight excluding hydrogens is 388 g/mol. The van der Waals surface area contributed by atoms with Crippen molar-refractivity contribution < 1.29 is 19.2 Å². The Labute approximate surface area is 183 Å². The lowest BCUT2D eigenvalue weighted by molar-refractivity contribution is -0.940. The minimum atomic E-state index is -0.0765. The van der Waals surface area contributed by atoms with Crippen molar-refractivity contribution >= 4 is 5.91 Å². The highest BCUT2D eigenvalue weighted by Gasteiger charge is 2.32. The summed E-state index contributed by atoms with van der Waals surface area (Å²) in [5.74, 6) is 1.40. The lowest BCUT2D eigenvalue weighted by atomic mass is 9.97. The van der Waals surface area contributed by atoms with Gasteiger partial charge >= 0.3 is 0 Å². The van der Waals surface area contributed by atoms with Gasteiger partial charge in [-0.2, -0.15) is 0 Å². The van der Waals surface area contributed by atoms with Crippen molar-refractivity contribution in [2.45, 2.75) is 19.0 Å². The van der Waals surface area contributed by atoms with E-state index < -0.39 is 0 Å². The van der Waals surface area contributed by atoms with Crippen LogP contribution in [0, 0.1) is 0 Å². The van der Waals surface area contributed by atoms with E-state index in [1.165, 1.54) is 10.5 Å². The maximum Gasteiger partial charge on any atom is 0.251 e. The monoisotopic (exact) mass is 417 g/mol. The second-order valence-electron chi connectivity index (χ2n) is 7.86. The largest absolute Gasteiger partial charge is 0.457 e. The van der Waals surface area contributed by atoms with Gasteiger partial charge in [0.1, 0.15) is 30.6 Å². The molecule has 0 unspecified atom stereocenters. The first-order valence-corrected chi connectivity index (χ1v) is 10.8. The van der Waals surface area contributed by atoms with Crippen LogP contribution in [0.15, 0.2) is 84.9 Å². The molecule has 160 valence electrons. The van der Waals surface area contributed by atoms with E-state index in [4.69, 9.17) is 9.47 Å². The Morgan fingerprint density at radius 2 is 1.45 bits per heavy atom. The Balaban J connectivity index is 1.44. The van der Waals surface area contributed by atoms with Crippen LogP contribution in [0.2, 0.25) is 0 Å². The van der Waals surface area contributed by atoms with Gasteiger partial charge < -0.3 is 19.7 Å². The highest BCUT2D eigenvalue weighted by molar-refractivity contribution is 5.94. The third-order valence-corrected chi connectivity index (χ3v) is 5.69. The summed E-state index contributed by atoms with van der Waals surface area (Å²) in [4.78, 5) is 14.4. The second-order valence-corrected chi connectivity index (χ2v) is 7.86. The van der Waals surface area contributed by atoms with Gasteiger partial charge in [-0.3, -0.25) is 4.79 Å². The quantitative estimate of drug-likeness (QED) is 0.621. The van der Waals surface area contributed by atoms with Gasteiger partial charge in [0.2, 0.25) is 0 Å². The highest BCUT2D eigenvalue weighted by atomic mass is 16.5. The lowest BCUT2D eigenvalue weighted by Gasteiger charge is -2.35. The first kappa shape index (κ1) is 21.1. The zero-order valence-corrected chi connectivity index (χ0v) is 17.8. The first-order chi connectivity index (χ1) is 15.2. The van der Waals surface area contributed by atoms with E-state index in [9.17, 15) is 4.79 Å². The highest BCUT2D eigenvalue weighted by Crippen LogP contribution is 2.21. The van der Waals surface area contributed by atoms with Crippen molar-refractivity contribution in [3.05, 3.63) is 96.1 Å². The molecule has 1 aliphatic heterocycles. The number of morpholine rings is 1. The number of carbonyl (C=O) groups is 1. The summed E-state index contributed by atoms with van der Waals surface area (Å²) in [5.41, 5.74) is 1.86. The van der Waals surface area contributed by atoms with Crippen molar-refractivity contribution in [2.24, 2.45) is 0 Å². The summed E-state index contributed by atoms with van der Waals surface area (Å²) in [6, 6.07) is 27.5. The number of ether oxygens (including phenoxy) is 2. The molecule has 3 aromatic rings. The first-order valence-electron chi connectivity index (χ1n) is 10.8. The van der Waals surface area contributed by atoms with Crippen molar-refractivity contribution in [2.75, 3.05) is 26.3 Å². The van der Waals surface area contributed by atoms with Gasteiger partial charge in [0.25, 0.3) is 5.91 Å². The maximum absolute atomic E-state index is 13.0. The Morgan fingerprint density at radius 3 is 2.10 bits per heavy atom. The van der Waals surface area contributed by atoms with Gasteiger partial charge in [-0.1, -0.05) is 48.5 Å². The lowest BCUT2D eigenvalue weighted by Crippen LogP contribution is -3.15. The summed E-state index contributed by atoms with van der Waals surface area (Å²) in [6.07, 6.45) is 0. The van der Waals surface area contributed by atoms with Gasteiger partial charge in [0.15, 0.2) is 0 Å². The number of carbonyl (C=O) groups excluding carboxylic acids is 1. The minimum Gasteiger partial charge on any atom is -0.457 e. The molecule has 0 radical (unpaired) electrons. The maximum atomic E-state index is 13.0. The molecule has 0 saturated carbocycles. The van der Waals surface area contributed by atoms with Crippen LogP contribution in [-0.4, -0.2) is 38.3 Å². The Bertz CT molecular complexity index is 955. The fourth-order valence-electron chi connectivity index (χ4n) is 4.16. The zero-order valence-electron chi connectivity index (χ0n) is 17.8. The summed E-state index contributed by atoms with van der Waals surface area (Å²) in [5, 5.41) is 3.22. The van der Waals surface area contributed by atoms with E-state index in [1.807, 2.05) is 48.5 Å². The standard InChI is InChI=1S/C26H28N2O3/c1-20(25(21-8-4-2-5-9-21)28-16-18-30-19-17-28)27-26(29)22-12-14-24(15-13-22)31-23-10-6-3-7-11-23/h2-15,20,25H,16-19H2,1H3,(H,27,29)/p+1/t20-,25+/m0/s1. The van der Waals surface area contributed by atoms with E-state index in [-0.39, 0.29) is 18.0 Å². The molecule has 1 saturated heterocycles. The van der Waals surface area contributed by atoms with Crippen LogP contribution in [0.25, 0.3) is 0 Å². The average molecular weight is 418 g/mol. The number of rotatable bonds is 7. The molecule has 0 aromatic heterocycles. The summed E-state index contributed by atoms with van der Waals surface area (Å²) in [7, 11) is 0. The van der Waals surface area contributed by atoms with E-state index in [2.05, 4.69) is 36.5 Å². The predicted octanol–water partition coefficient (Wildman–Crippen LogP) is 3.25. The van der Waals surface area contributed by atoms with Gasteiger partial charge in [-0.15, -0.1) is 0 Å². The molecule has 2 atom stereocenters. The zero-order chi connectivity index (χ0) is 21.5. The predicted molar refractivity (Wildman–Crippen MR) is 121 cm³/mol. The molecule has 2 N–H and O–H groups in total. The van der Waals surface area contributed by atoms with Crippen LogP contribution >= 0.6 is 0 Å². The molecule has 1 fully saturated rings. The topological polar surface area (TPSA) is 52.0 Å². The van der Waals surface area contributed by atoms with Crippen molar-refractivity contribution in [3.63, 3.8) is 0 Å². The van der Waals surface area contributed by atoms with Gasteiger partial charge in [0.05, 0.1) is 19.3 Å². The molecule has 4 rings (SSSR count). The number of para-hydroxylation sites is 1. The summed E-state index contributed by atoms with van der Waals surface area (Å²) < 4.78 is 11.4. The third kappa shape index (κ3) is 5.51. The molecule has 1 heterocycles. The molecule has 3 aromatic carbocycles. The van der Waals surface area contributed by atoms with Crippen LogP contribution < -0.4 is 15.0 Å². The fraction of sp³-hybridized carbons (Fsp3) is 0.269. The molecule has 0 bridgehead atoms. The van der Waals surface area contributed by atoms with E-state index in [0.717, 1.165) is 32.1 Å². The van der Waals surface area contributed by atoms with Crippen LogP contribution in [0.4, 0.5) is 0 Å². The van der Waals surface area contributed by atoms with E-state index in [1.54, 1.807) is 12.1 Å². The number of nitrogens with one attached hydrogen (secondary N) is 2. The van der Waals surface area contributed by atoms with Crippen LogP contribution in [0.3, 0.4) is 0 Å². The Hall–Kier alpha value is -3.15. The van der Waals surface area contributed by atoms with Crippen molar-refractivity contribution in [1.29, 1.82) is 0 Å². The molecule has 0 spiro atoms. The van der Waals surface area contributed by atoms with Crippen LogP contribution in [0.1, 0.15) is 28.9 Å². The van der Waals surface area contributed by atoms with Gasteiger partial charge in [0, 0.05) is 11.1 Å². The van der Waals surface area contributed by atoms with Crippen molar-refractivity contribution in [3.8, 4) is 11.5 Å². The van der Waals surface area contributed by atoms with Crippen molar-refractivity contribution in [1.82, 2.24) is 5.32 Å². The fourth-order valence-corrected chi connectivity index (χ4v) is 4.16. The molecule has 5 nitrogen and oxygen atoms in total. The number of amides is 1. The minimum absolute atomic E-state index is 0.0248. The van der Waals surface area contributed by atoms with E-state index in [0.29, 0.717) is 11.3 Å². The molecule has 0 aliphatic carbocycles. The van der Waals surface area contributed by atoms with Gasteiger partial charge in [-0.25, -0.2) is 0 Å².